The molecule has 2 aromatic heterocycles. The van der Waals surface area contributed by atoms with Crippen LogP contribution in [0.3, 0.4) is 0 Å². The average Bonchev–Trinajstić information content (AvgIpc) is 3.39. The fourth-order valence-corrected chi connectivity index (χ4v) is 3.58. The third kappa shape index (κ3) is 3.70. The van der Waals surface area contributed by atoms with Gasteiger partial charge in [-0.25, -0.2) is 14.1 Å². The third-order valence-corrected chi connectivity index (χ3v) is 5.18. The van der Waals surface area contributed by atoms with E-state index in [1.807, 2.05) is 36.5 Å². The van der Waals surface area contributed by atoms with Crippen LogP contribution in [-0.2, 0) is 6.54 Å². The third-order valence-electron chi connectivity index (χ3n) is 4.29. The van der Waals surface area contributed by atoms with Gasteiger partial charge in [0.05, 0.1) is 11.9 Å². The molecule has 0 saturated carbocycles. The molecule has 5 nitrogen and oxygen atoms in total. The van der Waals surface area contributed by atoms with E-state index in [4.69, 9.17) is 0 Å². The minimum absolute atomic E-state index is 0.185. The predicted molar refractivity (Wildman–Crippen MR) is 107 cm³/mol. The van der Waals surface area contributed by atoms with Gasteiger partial charge in [-0.05, 0) is 18.2 Å². The van der Waals surface area contributed by atoms with Crippen LogP contribution < -0.4 is 0 Å². The molecule has 4 aromatic rings. The number of aromatic nitrogens is 3. The largest absolute Gasteiger partial charge is 0.336 e. The minimum Gasteiger partial charge on any atom is -0.336 e. The molecule has 0 spiro atoms. The van der Waals surface area contributed by atoms with Gasteiger partial charge in [-0.1, -0.05) is 36.4 Å². The summed E-state index contributed by atoms with van der Waals surface area (Å²) in [4.78, 5) is 18.6. The first-order valence-corrected chi connectivity index (χ1v) is 9.54. The highest BCUT2D eigenvalue weighted by Gasteiger charge is 2.18. The van der Waals surface area contributed by atoms with Gasteiger partial charge in [0.25, 0.3) is 5.91 Å². The van der Waals surface area contributed by atoms with Gasteiger partial charge in [-0.15, -0.1) is 11.3 Å². The van der Waals surface area contributed by atoms with Crippen LogP contribution in [0.4, 0.5) is 4.39 Å². The Labute approximate surface area is 165 Å². The van der Waals surface area contributed by atoms with Gasteiger partial charge >= 0.3 is 0 Å². The molecule has 2 heterocycles. The fourth-order valence-electron chi connectivity index (χ4n) is 2.81. The zero-order valence-corrected chi connectivity index (χ0v) is 15.9. The maximum Gasteiger partial charge on any atom is 0.273 e. The van der Waals surface area contributed by atoms with Crippen LogP contribution >= 0.6 is 11.3 Å². The number of benzene rings is 2. The SMILES string of the molecule is CN(Cc1ccccc1F)C(=O)c1csc(-c2cnn(-c3ccccc3)c2)n1. The molecular formula is C21H17FN4OS. The number of hydrogen-bond acceptors (Lipinski definition) is 4. The second kappa shape index (κ2) is 7.74. The Hall–Kier alpha value is -3.32. The van der Waals surface area contributed by atoms with Crippen LogP contribution in [0.15, 0.2) is 72.4 Å². The van der Waals surface area contributed by atoms with Crippen molar-refractivity contribution in [2.45, 2.75) is 6.54 Å². The van der Waals surface area contributed by atoms with Crippen molar-refractivity contribution in [3.63, 3.8) is 0 Å². The second-order valence-electron chi connectivity index (χ2n) is 6.30. The molecule has 0 aliphatic heterocycles. The van der Waals surface area contributed by atoms with Crippen molar-refractivity contribution in [2.75, 3.05) is 7.05 Å². The summed E-state index contributed by atoms with van der Waals surface area (Å²) in [5.41, 5.74) is 2.60. The molecule has 0 bridgehead atoms. The molecule has 0 aliphatic carbocycles. The zero-order valence-electron chi connectivity index (χ0n) is 15.1. The van der Waals surface area contributed by atoms with E-state index >= 15 is 0 Å². The smallest absolute Gasteiger partial charge is 0.273 e. The summed E-state index contributed by atoms with van der Waals surface area (Å²) < 4.78 is 15.6. The summed E-state index contributed by atoms with van der Waals surface area (Å²) in [7, 11) is 1.64. The lowest BCUT2D eigenvalue weighted by Crippen LogP contribution is -2.26. The van der Waals surface area contributed by atoms with E-state index < -0.39 is 0 Å². The van der Waals surface area contributed by atoms with Crippen molar-refractivity contribution in [2.24, 2.45) is 0 Å². The van der Waals surface area contributed by atoms with Gasteiger partial charge in [-0.2, -0.15) is 5.10 Å². The Bertz CT molecular complexity index is 1110. The number of hydrogen-bond donors (Lipinski definition) is 0. The molecule has 0 unspecified atom stereocenters. The van der Waals surface area contributed by atoms with Crippen molar-refractivity contribution < 1.29 is 9.18 Å². The monoisotopic (exact) mass is 392 g/mol. The topological polar surface area (TPSA) is 51.0 Å². The highest BCUT2D eigenvalue weighted by molar-refractivity contribution is 7.13. The second-order valence-corrected chi connectivity index (χ2v) is 7.16. The Kier molecular flexibility index (Phi) is 4.99. The molecule has 0 atom stereocenters. The molecule has 0 fully saturated rings. The van der Waals surface area contributed by atoms with Gasteiger partial charge in [0.2, 0.25) is 0 Å². The van der Waals surface area contributed by atoms with E-state index in [0.717, 1.165) is 11.3 Å². The quantitative estimate of drug-likeness (QED) is 0.506. The van der Waals surface area contributed by atoms with E-state index in [9.17, 15) is 9.18 Å². The van der Waals surface area contributed by atoms with Crippen LogP contribution in [0.1, 0.15) is 16.1 Å². The molecule has 0 N–H and O–H groups in total. The molecule has 7 heteroatoms. The van der Waals surface area contributed by atoms with Crippen molar-refractivity contribution in [3.8, 4) is 16.3 Å². The van der Waals surface area contributed by atoms with E-state index in [1.54, 1.807) is 41.5 Å². The number of carbonyl (C=O) groups is 1. The summed E-state index contributed by atoms with van der Waals surface area (Å²) >= 11 is 1.38. The maximum atomic E-state index is 13.8. The maximum absolute atomic E-state index is 13.8. The van der Waals surface area contributed by atoms with E-state index in [1.165, 1.54) is 22.3 Å². The van der Waals surface area contributed by atoms with Crippen LogP contribution in [0.5, 0.6) is 0 Å². The van der Waals surface area contributed by atoms with Crippen molar-refractivity contribution in [1.29, 1.82) is 0 Å². The predicted octanol–water partition coefficient (Wildman–Crippen LogP) is 4.41. The summed E-state index contributed by atoms with van der Waals surface area (Å²) in [6, 6.07) is 16.2. The summed E-state index contributed by atoms with van der Waals surface area (Å²) in [5.74, 6) is -0.573. The first kappa shape index (κ1) is 18.1. The van der Waals surface area contributed by atoms with E-state index in [-0.39, 0.29) is 18.3 Å². The number of halogens is 1. The number of carbonyl (C=O) groups excluding carboxylic acids is 1. The number of rotatable bonds is 5. The van der Waals surface area contributed by atoms with E-state index in [2.05, 4.69) is 10.1 Å². The van der Waals surface area contributed by atoms with Gasteiger partial charge in [0, 0.05) is 36.3 Å². The van der Waals surface area contributed by atoms with Gasteiger partial charge < -0.3 is 4.90 Å². The molecule has 0 aliphatic rings. The highest BCUT2D eigenvalue weighted by Crippen LogP contribution is 2.25. The molecule has 28 heavy (non-hydrogen) atoms. The number of thiazole rings is 1. The fraction of sp³-hybridized carbons (Fsp3) is 0.0952. The van der Waals surface area contributed by atoms with Gasteiger partial charge in [0.15, 0.2) is 0 Å². The summed E-state index contributed by atoms with van der Waals surface area (Å²) in [5, 5.41) is 6.79. The Morgan fingerprint density at radius 2 is 1.89 bits per heavy atom. The first-order chi connectivity index (χ1) is 13.6. The molecular weight excluding hydrogens is 375 g/mol. The molecule has 4 rings (SSSR count). The number of para-hydroxylation sites is 1. The summed E-state index contributed by atoms with van der Waals surface area (Å²) in [6.07, 6.45) is 3.61. The average molecular weight is 392 g/mol. The Morgan fingerprint density at radius 1 is 1.14 bits per heavy atom. The van der Waals surface area contributed by atoms with Crippen molar-refractivity contribution in [3.05, 3.63) is 89.4 Å². The Morgan fingerprint density at radius 3 is 2.68 bits per heavy atom. The minimum atomic E-state index is -0.325. The van der Waals surface area contributed by atoms with Crippen LogP contribution in [-0.4, -0.2) is 32.6 Å². The molecule has 1 amide bonds. The lowest BCUT2D eigenvalue weighted by atomic mass is 10.2. The lowest BCUT2D eigenvalue weighted by molar-refractivity contribution is 0.0779. The van der Waals surface area contributed by atoms with Crippen molar-refractivity contribution in [1.82, 2.24) is 19.7 Å². The van der Waals surface area contributed by atoms with E-state index in [0.29, 0.717) is 16.3 Å². The first-order valence-electron chi connectivity index (χ1n) is 8.66. The molecule has 2 aromatic carbocycles. The van der Waals surface area contributed by atoms with Gasteiger partial charge in [0.1, 0.15) is 16.5 Å². The van der Waals surface area contributed by atoms with Crippen LogP contribution in [0.2, 0.25) is 0 Å². The number of nitrogens with zero attached hydrogens (tertiary/aromatic N) is 4. The Balaban J connectivity index is 1.50. The number of amides is 1. The standard InChI is InChI=1S/C21H17FN4OS/c1-25(12-15-7-5-6-10-18(15)22)21(27)19-14-28-20(24-19)16-11-23-26(13-16)17-8-3-2-4-9-17/h2-11,13-14H,12H2,1H3. The molecule has 140 valence electrons. The van der Waals surface area contributed by atoms with Crippen LogP contribution in [0.25, 0.3) is 16.3 Å². The van der Waals surface area contributed by atoms with Crippen LogP contribution in [0, 0.1) is 5.82 Å². The van der Waals surface area contributed by atoms with Crippen molar-refractivity contribution >= 4 is 17.2 Å². The zero-order chi connectivity index (χ0) is 19.5. The lowest BCUT2D eigenvalue weighted by Gasteiger charge is -2.16. The highest BCUT2D eigenvalue weighted by atomic mass is 32.1. The van der Waals surface area contributed by atoms with Gasteiger partial charge in [-0.3, -0.25) is 4.79 Å². The summed E-state index contributed by atoms with van der Waals surface area (Å²) in [6.45, 7) is 0.185. The molecule has 0 saturated heterocycles. The molecule has 0 radical (unpaired) electrons. The normalized spacial score (nSPS) is 10.8.